The van der Waals surface area contributed by atoms with Crippen LogP contribution in [-0.4, -0.2) is 64.0 Å². The summed E-state index contributed by atoms with van der Waals surface area (Å²) in [5.41, 5.74) is 1.25. The number of hydrogen-bond donors (Lipinski definition) is 1. The second-order valence-electron chi connectivity index (χ2n) is 7.29. The van der Waals surface area contributed by atoms with Crippen molar-refractivity contribution in [1.29, 1.82) is 0 Å². The lowest BCUT2D eigenvalue weighted by Crippen LogP contribution is -2.37. The number of carboxylic acids is 1. The fourth-order valence-corrected chi connectivity index (χ4v) is 4.17. The quantitative estimate of drug-likeness (QED) is 0.515. The Morgan fingerprint density at radius 3 is 2.81 bits per heavy atom. The molecular formula is C21H20Cl2N4O5. The van der Waals surface area contributed by atoms with Crippen LogP contribution in [0.3, 0.4) is 0 Å². The fraction of sp³-hybridized carbons (Fsp3) is 0.333. The standard InChI is InChI=1S/C21H20Cl2N4O5/c1-31-21(30)16-8-12(32-7-4-18(28)29)10-27(16)17-9-15(26-6-5-24-11-26)13-2-3-14(22)19(23)20(13)25-17/h2-3,5-6,9,11-12,16H,4,7-8,10H2,1H3,(H,28,29)/t12-,16+/m1/s1. The van der Waals surface area contributed by atoms with Gasteiger partial charge in [-0.3, -0.25) is 4.79 Å². The minimum absolute atomic E-state index is 0.0502. The van der Waals surface area contributed by atoms with Gasteiger partial charge in [-0.2, -0.15) is 0 Å². The molecule has 2 aromatic heterocycles. The lowest BCUT2D eigenvalue weighted by atomic mass is 10.1. The number of aliphatic carboxylic acids is 1. The van der Waals surface area contributed by atoms with E-state index in [0.717, 1.165) is 11.1 Å². The Morgan fingerprint density at radius 1 is 1.31 bits per heavy atom. The third kappa shape index (κ3) is 4.36. The van der Waals surface area contributed by atoms with Gasteiger partial charge in [0.1, 0.15) is 11.9 Å². The van der Waals surface area contributed by atoms with E-state index in [4.69, 9.17) is 42.8 Å². The normalized spacial score (nSPS) is 18.3. The summed E-state index contributed by atoms with van der Waals surface area (Å²) in [5, 5.41) is 10.3. The summed E-state index contributed by atoms with van der Waals surface area (Å²) in [6.45, 7) is 0.383. The first kappa shape index (κ1) is 22.3. The van der Waals surface area contributed by atoms with Crippen LogP contribution in [-0.2, 0) is 19.1 Å². The Bertz CT molecular complexity index is 1150. The number of benzene rings is 1. The third-order valence-electron chi connectivity index (χ3n) is 5.32. The van der Waals surface area contributed by atoms with Crippen molar-refractivity contribution >= 4 is 51.9 Å². The molecule has 1 saturated heterocycles. The molecule has 1 fully saturated rings. The summed E-state index contributed by atoms with van der Waals surface area (Å²) >= 11 is 12.7. The number of rotatable bonds is 7. The first-order valence-corrected chi connectivity index (χ1v) is 10.6. The van der Waals surface area contributed by atoms with Crippen LogP contribution in [0.5, 0.6) is 0 Å². The van der Waals surface area contributed by atoms with Gasteiger partial charge >= 0.3 is 11.9 Å². The van der Waals surface area contributed by atoms with Gasteiger partial charge in [-0.1, -0.05) is 23.2 Å². The number of esters is 1. The highest BCUT2D eigenvalue weighted by Gasteiger charge is 2.39. The summed E-state index contributed by atoms with van der Waals surface area (Å²) in [7, 11) is 1.32. The van der Waals surface area contributed by atoms with E-state index in [1.165, 1.54) is 7.11 Å². The molecule has 0 saturated carbocycles. The second kappa shape index (κ2) is 9.32. The van der Waals surface area contributed by atoms with E-state index in [1.54, 1.807) is 29.7 Å². The zero-order chi connectivity index (χ0) is 22.8. The van der Waals surface area contributed by atoms with Crippen molar-refractivity contribution in [1.82, 2.24) is 14.5 Å². The maximum atomic E-state index is 12.5. The molecule has 0 radical (unpaired) electrons. The van der Waals surface area contributed by atoms with Crippen molar-refractivity contribution in [3.8, 4) is 5.69 Å². The molecule has 0 spiro atoms. The molecule has 1 aromatic carbocycles. The first-order valence-electron chi connectivity index (χ1n) is 9.84. The highest BCUT2D eigenvalue weighted by atomic mass is 35.5. The van der Waals surface area contributed by atoms with E-state index in [-0.39, 0.29) is 19.1 Å². The highest BCUT2D eigenvalue weighted by molar-refractivity contribution is 6.45. The first-order chi connectivity index (χ1) is 15.4. The number of methoxy groups -OCH3 is 1. The van der Waals surface area contributed by atoms with Gasteiger partial charge in [0.15, 0.2) is 0 Å². The number of fused-ring (bicyclic) bond motifs is 1. The van der Waals surface area contributed by atoms with Gasteiger partial charge < -0.3 is 24.0 Å². The van der Waals surface area contributed by atoms with Gasteiger partial charge in [-0.25, -0.2) is 14.8 Å². The molecule has 32 heavy (non-hydrogen) atoms. The zero-order valence-electron chi connectivity index (χ0n) is 17.1. The molecule has 11 heteroatoms. The summed E-state index contributed by atoms with van der Waals surface area (Å²) in [5.74, 6) is -0.889. The fourth-order valence-electron chi connectivity index (χ4n) is 3.81. The number of pyridine rings is 1. The van der Waals surface area contributed by atoms with Crippen LogP contribution < -0.4 is 4.90 Å². The van der Waals surface area contributed by atoms with Crippen LogP contribution >= 0.6 is 23.2 Å². The van der Waals surface area contributed by atoms with Crippen molar-refractivity contribution in [3.63, 3.8) is 0 Å². The van der Waals surface area contributed by atoms with Crippen LogP contribution in [0.4, 0.5) is 5.82 Å². The van der Waals surface area contributed by atoms with E-state index >= 15 is 0 Å². The van der Waals surface area contributed by atoms with Crippen LogP contribution in [0.1, 0.15) is 12.8 Å². The minimum Gasteiger partial charge on any atom is -0.481 e. The van der Waals surface area contributed by atoms with Crippen molar-refractivity contribution in [3.05, 3.63) is 47.0 Å². The summed E-state index contributed by atoms with van der Waals surface area (Å²) in [4.78, 5) is 33.9. The van der Waals surface area contributed by atoms with Crippen molar-refractivity contribution in [2.75, 3.05) is 25.2 Å². The Morgan fingerprint density at radius 2 is 2.12 bits per heavy atom. The maximum absolute atomic E-state index is 12.5. The van der Waals surface area contributed by atoms with Gasteiger partial charge in [0.25, 0.3) is 0 Å². The Hall–Kier alpha value is -2.88. The minimum atomic E-state index is -0.947. The lowest BCUT2D eigenvalue weighted by molar-refractivity contribution is -0.143. The van der Waals surface area contributed by atoms with Gasteiger partial charge in [0.05, 0.1) is 53.8 Å². The predicted molar refractivity (Wildman–Crippen MR) is 119 cm³/mol. The number of imidazole rings is 1. The summed E-state index contributed by atoms with van der Waals surface area (Å²) in [6, 6.07) is 4.72. The molecule has 2 atom stereocenters. The number of anilines is 1. The predicted octanol–water partition coefficient (Wildman–Crippen LogP) is 3.34. The molecule has 0 bridgehead atoms. The van der Waals surface area contributed by atoms with Gasteiger partial charge in [-0.05, 0) is 12.1 Å². The zero-order valence-corrected chi connectivity index (χ0v) is 18.6. The molecule has 9 nitrogen and oxygen atoms in total. The summed E-state index contributed by atoms with van der Waals surface area (Å²) < 4.78 is 12.5. The third-order valence-corrected chi connectivity index (χ3v) is 6.11. The SMILES string of the molecule is COC(=O)[C@@H]1C[C@@H](OCCC(=O)O)CN1c1cc(-n2ccnc2)c2ccc(Cl)c(Cl)c2n1. The number of halogens is 2. The molecule has 3 heterocycles. The van der Waals surface area contributed by atoms with E-state index < -0.39 is 18.0 Å². The Labute approximate surface area is 193 Å². The molecule has 4 rings (SSSR count). The molecule has 1 N–H and O–H groups in total. The highest BCUT2D eigenvalue weighted by Crippen LogP contribution is 2.36. The number of carbonyl (C=O) groups excluding carboxylic acids is 1. The van der Waals surface area contributed by atoms with Crippen LogP contribution in [0.15, 0.2) is 36.9 Å². The van der Waals surface area contributed by atoms with Crippen LogP contribution in [0, 0.1) is 0 Å². The molecule has 0 amide bonds. The molecule has 0 unspecified atom stereocenters. The number of carbonyl (C=O) groups is 2. The molecule has 0 aliphatic carbocycles. The smallest absolute Gasteiger partial charge is 0.328 e. The Kier molecular flexibility index (Phi) is 6.50. The molecular weight excluding hydrogens is 459 g/mol. The molecule has 168 valence electrons. The van der Waals surface area contributed by atoms with Crippen molar-refractivity contribution < 1.29 is 24.2 Å². The molecule has 1 aliphatic rings. The van der Waals surface area contributed by atoms with Crippen molar-refractivity contribution in [2.24, 2.45) is 0 Å². The largest absolute Gasteiger partial charge is 0.481 e. The van der Waals surface area contributed by atoms with Gasteiger partial charge in [0, 0.05) is 36.8 Å². The Balaban J connectivity index is 1.77. The molecule has 3 aromatic rings. The number of ether oxygens (including phenoxy) is 2. The lowest BCUT2D eigenvalue weighted by Gasteiger charge is -2.25. The number of hydrogen-bond acceptors (Lipinski definition) is 7. The van der Waals surface area contributed by atoms with Crippen LogP contribution in [0.25, 0.3) is 16.6 Å². The van der Waals surface area contributed by atoms with Gasteiger partial charge in [0.2, 0.25) is 0 Å². The van der Waals surface area contributed by atoms with Gasteiger partial charge in [-0.15, -0.1) is 0 Å². The number of carboxylic acid groups (broad SMARTS) is 1. The monoisotopic (exact) mass is 478 g/mol. The average molecular weight is 479 g/mol. The molecule has 1 aliphatic heterocycles. The van der Waals surface area contributed by atoms with E-state index in [2.05, 4.69) is 4.98 Å². The topological polar surface area (TPSA) is 107 Å². The number of nitrogens with zero attached hydrogens (tertiary/aromatic N) is 4. The number of aromatic nitrogens is 3. The maximum Gasteiger partial charge on any atom is 0.328 e. The van der Waals surface area contributed by atoms with E-state index in [9.17, 15) is 9.59 Å². The van der Waals surface area contributed by atoms with Crippen molar-refractivity contribution in [2.45, 2.75) is 25.0 Å². The van der Waals surface area contributed by atoms with Crippen LogP contribution in [0.2, 0.25) is 10.0 Å². The van der Waals surface area contributed by atoms with E-state index in [0.29, 0.717) is 34.3 Å². The second-order valence-corrected chi connectivity index (χ2v) is 8.08. The summed E-state index contributed by atoms with van der Waals surface area (Å²) in [6.07, 6.45) is 4.97. The van der Waals surface area contributed by atoms with E-state index in [1.807, 2.05) is 16.7 Å². The average Bonchev–Trinajstić information content (AvgIpc) is 3.45.